The van der Waals surface area contributed by atoms with Crippen LogP contribution in [0.1, 0.15) is 28.8 Å². The van der Waals surface area contributed by atoms with Crippen LogP contribution in [0.25, 0.3) is 0 Å². The fourth-order valence-corrected chi connectivity index (χ4v) is 3.59. The van der Waals surface area contributed by atoms with Crippen LogP contribution >= 0.6 is 11.6 Å². The van der Waals surface area contributed by atoms with E-state index in [0.29, 0.717) is 16.3 Å². The van der Waals surface area contributed by atoms with Crippen molar-refractivity contribution in [2.75, 3.05) is 16.8 Å². The van der Waals surface area contributed by atoms with Gasteiger partial charge in [-0.25, -0.2) is 4.79 Å². The minimum absolute atomic E-state index is 0.00779. The molecule has 1 fully saturated rings. The first-order valence-electron chi connectivity index (χ1n) is 8.25. The van der Waals surface area contributed by atoms with Gasteiger partial charge in [-0.2, -0.15) is 0 Å². The Morgan fingerprint density at radius 2 is 2.12 bits per heavy atom. The van der Waals surface area contributed by atoms with Crippen LogP contribution in [0, 0.1) is 0 Å². The maximum Gasteiger partial charge on any atom is 0.338 e. The monoisotopic (exact) mass is 356 g/mol. The van der Waals surface area contributed by atoms with E-state index in [9.17, 15) is 9.59 Å². The number of anilines is 2. The standard InChI is InChI=1S/C19H17ClN2O3/c20-14-5-2-1-4-13(14)11-25-19(24)12-7-8-16-15(10-12)21-18(23)17-6-3-9-22(16)17/h1-2,4-5,7-8,10,17H,3,6,9,11H2,(H,21,23)/t17-/m0/s1. The fourth-order valence-electron chi connectivity index (χ4n) is 3.40. The zero-order chi connectivity index (χ0) is 17.4. The molecule has 25 heavy (non-hydrogen) atoms. The molecule has 2 aliphatic rings. The van der Waals surface area contributed by atoms with Crippen molar-refractivity contribution < 1.29 is 14.3 Å². The highest BCUT2D eigenvalue weighted by Crippen LogP contribution is 2.37. The molecule has 128 valence electrons. The Morgan fingerprint density at radius 3 is 2.96 bits per heavy atom. The van der Waals surface area contributed by atoms with Crippen LogP contribution in [0.15, 0.2) is 42.5 Å². The summed E-state index contributed by atoms with van der Waals surface area (Å²) in [5.74, 6) is -0.452. The Hall–Kier alpha value is -2.53. The Bertz CT molecular complexity index is 852. The normalized spacial score (nSPS) is 18.4. The van der Waals surface area contributed by atoms with E-state index in [1.807, 2.05) is 24.3 Å². The molecular formula is C19H17ClN2O3. The number of carbonyl (C=O) groups excluding carboxylic acids is 2. The third-order valence-corrected chi connectivity index (χ3v) is 5.04. The summed E-state index contributed by atoms with van der Waals surface area (Å²) >= 11 is 6.07. The lowest BCUT2D eigenvalue weighted by Crippen LogP contribution is -2.43. The first-order chi connectivity index (χ1) is 12.1. The van der Waals surface area contributed by atoms with E-state index in [0.717, 1.165) is 30.6 Å². The number of fused-ring (bicyclic) bond motifs is 3. The third kappa shape index (κ3) is 2.96. The predicted octanol–water partition coefficient (Wildman–Crippen LogP) is 3.62. The van der Waals surface area contributed by atoms with Crippen LogP contribution in [0.5, 0.6) is 0 Å². The highest BCUT2D eigenvalue weighted by atomic mass is 35.5. The van der Waals surface area contributed by atoms with E-state index in [2.05, 4.69) is 10.2 Å². The average molecular weight is 357 g/mol. The number of amides is 1. The third-order valence-electron chi connectivity index (χ3n) is 4.67. The molecule has 6 heteroatoms. The summed E-state index contributed by atoms with van der Waals surface area (Å²) < 4.78 is 5.35. The minimum Gasteiger partial charge on any atom is -0.457 e. The molecule has 0 spiro atoms. The van der Waals surface area contributed by atoms with E-state index in [1.165, 1.54) is 0 Å². The van der Waals surface area contributed by atoms with Crippen LogP contribution in [0.2, 0.25) is 5.02 Å². The number of hydrogen-bond donors (Lipinski definition) is 1. The summed E-state index contributed by atoms with van der Waals surface area (Å²) in [6.07, 6.45) is 1.87. The van der Waals surface area contributed by atoms with Crippen LogP contribution < -0.4 is 10.2 Å². The van der Waals surface area contributed by atoms with Gasteiger partial charge < -0.3 is 15.0 Å². The highest BCUT2D eigenvalue weighted by Gasteiger charge is 2.36. The molecule has 5 nitrogen and oxygen atoms in total. The highest BCUT2D eigenvalue weighted by molar-refractivity contribution is 6.31. The maximum atomic E-state index is 12.3. The number of benzene rings is 2. The molecule has 2 aromatic carbocycles. The predicted molar refractivity (Wildman–Crippen MR) is 96.0 cm³/mol. The zero-order valence-electron chi connectivity index (χ0n) is 13.5. The number of rotatable bonds is 3. The quantitative estimate of drug-likeness (QED) is 0.853. The summed E-state index contributed by atoms with van der Waals surface area (Å²) in [5, 5.41) is 3.46. The zero-order valence-corrected chi connectivity index (χ0v) is 14.3. The second-order valence-electron chi connectivity index (χ2n) is 6.24. The van der Waals surface area contributed by atoms with E-state index >= 15 is 0 Å². The maximum absolute atomic E-state index is 12.3. The molecular weight excluding hydrogens is 340 g/mol. The lowest BCUT2D eigenvalue weighted by molar-refractivity contribution is -0.117. The Labute approximate surface area is 150 Å². The summed E-state index contributed by atoms with van der Waals surface area (Å²) in [7, 11) is 0. The van der Waals surface area contributed by atoms with Gasteiger partial charge in [0.2, 0.25) is 5.91 Å². The van der Waals surface area contributed by atoms with Crippen LogP contribution in [-0.4, -0.2) is 24.5 Å². The first-order valence-corrected chi connectivity index (χ1v) is 8.63. The molecule has 2 aromatic rings. The number of carbonyl (C=O) groups is 2. The molecule has 0 aliphatic carbocycles. The van der Waals surface area contributed by atoms with Gasteiger partial charge in [0.25, 0.3) is 0 Å². The van der Waals surface area contributed by atoms with E-state index < -0.39 is 5.97 Å². The fraction of sp³-hybridized carbons (Fsp3) is 0.263. The van der Waals surface area contributed by atoms with Crippen LogP contribution in [-0.2, 0) is 16.1 Å². The van der Waals surface area contributed by atoms with Crippen molar-refractivity contribution in [1.29, 1.82) is 0 Å². The molecule has 2 heterocycles. The van der Waals surface area contributed by atoms with Gasteiger partial charge in [-0.05, 0) is 37.1 Å². The Balaban J connectivity index is 1.52. The van der Waals surface area contributed by atoms with E-state index in [4.69, 9.17) is 16.3 Å². The van der Waals surface area contributed by atoms with Crippen molar-refractivity contribution in [2.45, 2.75) is 25.5 Å². The Morgan fingerprint density at radius 1 is 1.28 bits per heavy atom. The van der Waals surface area contributed by atoms with Gasteiger partial charge in [0.15, 0.2) is 0 Å². The van der Waals surface area contributed by atoms with Crippen molar-refractivity contribution in [3.8, 4) is 0 Å². The summed E-state index contributed by atoms with van der Waals surface area (Å²) in [6, 6.07) is 12.4. The summed E-state index contributed by atoms with van der Waals surface area (Å²) in [4.78, 5) is 26.6. The number of hydrogen-bond acceptors (Lipinski definition) is 4. The van der Waals surface area contributed by atoms with E-state index in [-0.39, 0.29) is 18.6 Å². The first kappa shape index (κ1) is 16.0. The van der Waals surface area contributed by atoms with Crippen molar-refractivity contribution in [3.63, 3.8) is 0 Å². The van der Waals surface area contributed by atoms with Gasteiger partial charge in [0.05, 0.1) is 16.9 Å². The summed E-state index contributed by atoms with van der Waals surface area (Å²) in [5.41, 5.74) is 2.78. The van der Waals surface area contributed by atoms with Crippen LogP contribution in [0.3, 0.4) is 0 Å². The second-order valence-corrected chi connectivity index (χ2v) is 6.65. The van der Waals surface area contributed by atoms with Gasteiger partial charge in [0, 0.05) is 17.1 Å². The van der Waals surface area contributed by atoms with Crippen LogP contribution in [0.4, 0.5) is 11.4 Å². The molecule has 4 rings (SSSR count). The Kier molecular flexibility index (Phi) is 4.09. The molecule has 0 bridgehead atoms. The molecule has 1 saturated heterocycles. The molecule has 2 aliphatic heterocycles. The van der Waals surface area contributed by atoms with Crippen molar-refractivity contribution in [1.82, 2.24) is 0 Å². The number of ether oxygens (including phenoxy) is 1. The topological polar surface area (TPSA) is 58.6 Å². The molecule has 0 radical (unpaired) electrons. The number of nitrogens with zero attached hydrogens (tertiary/aromatic N) is 1. The SMILES string of the molecule is O=C(OCc1ccccc1Cl)c1ccc2c(c1)NC(=O)[C@@H]1CCCN21. The van der Waals surface area contributed by atoms with Crippen molar-refractivity contribution >= 4 is 34.9 Å². The molecule has 1 N–H and O–H groups in total. The minimum atomic E-state index is -0.444. The van der Waals surface area contributed by atoms with Gasteiger partial charge in [-0.15, -0.1) is 0 Å². The summed E-state index contributed by atoms with van der Waals surface area (Å²) in [6.45, 7) is 0.970. The van der Waals surface area contributed by atoms with Crippen molar-refractivity contribution in [2.24, 2.45) is 0 Å². The molecule has 1 amide bonds. The molecule has 0 aromatic heterocycles. The van der Waals surface area contributed by atoms with Gasteiger partial charge in [0.1, 0.15) is 12.6 Å². The van der Waals surface area contributed by atoms with Gasteiger partial charge in [-0.3, -0.25) is 4.79 Å². The van der Waals surface area contributed by atoms with Gasteiger partial charge >= 0.3 is 5.97 Å². The number of esters is 1. The van der Waals surface area contributed by atoms with Gasteiger partial charge in [-0.1, -0.05) is 29.8 Å². The molecule has 1 atom stereocenters. The molecule has 0 unspecified atom stereocenters. The van der Waals surface area contributed by atoms with Crippen molar-refractivity contribution in [3.05, 3.63) is 58.6 Å². The lowest BCUT2D eigenvalue weighted by atomic mass is 10.1. The second kappa shape index (κ2) is 6.41. The lowest BCUT2D eigenvalue weighted by Gasteiger charge is -2.33. The largest absolute Gasteiger partial charge is 0.457 e. The molecule has 0 saturated carbocycles. The smallest absolute Gasteiger partial charge is 0.338 e. The average Bonchev–Trinajstić information content (AvgIpc) is 3.11. The number of halogens is 1. The number of nitrogens with one attached hydrogen (secondary N) is 1. The van der Waals surface area contributed by atoms with E-state index in [1.54, 1.807) is 18.2 Å².